The summed E-state index contributed by atoms with van der Waals surface area (Å²) < 4.78 is 16.4. The van der Waals surface area contributed by atoms with Crippen molar-refractivity contribution in [2.45, 2.75) is 51.4 Å². The first-order valence-electron chi connectivity index (χ1n) is 8.36. The van der Waals surface area contributed by atoms with Crippen molar-refractivity contribution in [3.63, 3.8) is 0 Å². The third kappa shape index (κ3) is 11.3. The van der Waals surface area contributed by atoms with Crippen LogP contribution in [-0.2, 0) is 9.47 Å². The Kier molecular flexibility index (Phi) is 12.2. The third-order valence-electron chi connectivity index (χ3n) is 3.34. The van der Waals surface area contributed by atoms with Gasteiger partial charge in [-0.25, -0.2) is 0 Å². The lowest BCUT2D eigenvalue weighted by Crippen LogP contribution is -2.02. The van der Waals surface area contributed by atoms with Crippen LogP contribution in [0.2, 0.25) is 0 Å². The second-order valence-corrected chi connectivity index (χ2v) is 6.13. The number of aromatic amines is 2. The zero-order valence-corrected chi connectivity index (χ0v) is 15.7. The number of rotatable bonds is 15. The Morgan fingerprint density at radius 1 is 0.917 bits per heavy atom. The summed E-state index contributed by atoms with van der Waals surface area (Å²) in [4.78, 5) is 9.58. The first-order chi connectivity index (χ1) is 11.7. The van der Waals surface area contributed by atoms with E-state index in [4.69, 9.17) is 38.6 Å². The van der Waals surface area contributed by atoms with E-state index in [0.29, 0.717) is 29.0 Å². The standard InChI is InChI=1S/C16H27N3O3S2/c1-2-20-13-21-11-9-7-5-3-4-6-8-10-12-22-14-17-15(23)19-16(24)18-14/h2H,1,3-13H2,(H2,17,18,19,23,24). The Balaban J connectivity index is 1.86. The molecule has 0 atom stereocenters. The predicted molar refractivity (Wildman–Crippen MR) is 99.1 cm³/mol. The molecular formula is C16H27N3O3S2. The third-order valence-corrected chi connectivity index (χ3v) is 3.73. The SMILES string of the molecule is C=COCOCCCCCCCCCCOc1nc(=S)[nH]c(=S)[nH]1. The molecule has 2 N–H and O–H groups in total. The van der Waals surface area contributed by atoms with Crippen LogP contribution in [0.25, 0.3) is 0 Å². The van der Waals surface area contributed by atoms with Crippen LogP contribution in [0.5, 0.6) is 6.01 Å². The minimum absolute atomic E-state index is 0.307. The van der Waals surface area contributed by atoms with Crippen LogP contribution in [0.4, 0.5) is 0 Å². The lowest BCUT2D eigenvalue weighted by atomic mass is 10.1. The van der Waals surface area contributed by atoms with Crippen LogP contribution in [0.3, 0.4) is 0 Å². The number of aromatic nitrogens is 3. The highest BCUT2D eigenvalue weighted by atomic mass is 32.1. The van der Waals surface area contributed by atoms with Crippen LogP contribution in [0.15, 0.2) is 12.8 Å². The average molecular weight is 374 g/mol. The van der Waals surface area contributed by atoms with Crippen LogP contribution in [0, 0.1) is 9.54 Å². The van der Waals surface area contributed by atoms with Gasteiger partial charge in [-0.15, -0.1) is 0 Å². The molecule has 136 valence electrons. The van der Waals surface area contributed by atoms with E-state index in [0.717, 1.165) is 25.9 Å². The second kappa shape index (κ2) is 14.1. The van der Waals surface area contributed by atoms with Gasteiger partial charge in [0.2, 0.25) is 4.77 Å². The van der Waals surface area contributed by atoms with Gasteiger partial charge in [0, 0.05) is 0 Å². The molecule has 0 radical (unpaired) electrons. The van der Waals surface area contributed by atoms with E-state index in [1.165, 1.54) is 38.4 Å². The smallest absolute Gasteiger partial charge is 0.298 e. The van der Waals surface area contributed by atoms with Crippen LogP contribution in [-0.4, -0.2) is 35.0 Å². The Bertz CT molecular complexity index is 532. The lowest BCUT2D eigenvalue weighted by molar-refractivity contribution is -0.0123. The molecular weight excluding hydrogens is 346 g/mol. The maximum atomic E-state index is 5.52. The molecule has 0 bridgehead atoms. The summed E-state index contributed by atoms with van der Waals surface area (Å²) >= 11 is 9.92. The van der Waals surface area contributed by atoms with E-state index in [2.05, 4.69) is 21.5 Å². The summed E-state index contributed by atoms with van der Waals surface area (Å²) in [6.45, 7) is 5.14. The minimum Gasteiger partial charge on any atom is -0.476 e. The number of hydrogen-bond donors (Lipinski definition) is 2. The fraction of sp³-hybridized carbons (Fsp3) is 0.688. The fourth-order valence-electron chi connectivity index (χ4n) is 2.13. The zero-order valence-electron chi connectivity index (χ0n) is 14.1. The van der Waals surface area contributed by atoms with Crippen LogP contribution >= 0.6 is 24.4 Å². The fourth-order valence-corrected chi connectivity index (χ4v) is 2.57. The number of nitrogens with zero attached hydrogens (tertiary/aromatic N) is 1. The van der Waals surface area contributed by atoms with E-state index >= 15 is 0 Å². The van der Waals surface area contributed by atoms with E-state index in [-0.39, 0.29) is 0 Å². The first kappa shape index (κ1) is 20.8. The summed E-state index contributed by atoms with van der Waals surface area (Å²) in [5.74, 6) is 0. The highest BCUT2D eigenvalue weighted by Gasteiger charge is 1.97. The Hall–Kier alpha value is -1.25. The van der Waals surface area contributed by atoms with Crippen molar-refractivity contribution in [2.75, 3.05) is 20.0 Å². The molecule has 0 aliphatic heterocycles. The average Bonchev–Trinajstić information content (AvgIpc) is 2.54. The van der Waals surface area contributed by atoms with Crippen molar-refractivity contribution in [1.82, 2.24) is 15.0 Å². The molecule has 1 heterocycles. The molecule has 8 heteroatoms. The topological polar surface area (TPSA) is 72.2 Å². The first-order valence-corrected chi connectivity index (χ1v) is 9.17. The van der Waals surface area contributed by atoms with Gasteiger partial charge in [-0.2, -0.15) is 4.98 Å². The molecule has 0 spiro atoms. The van der Waals surface area contributed by atoms with Gasteiger partial charge in [0.25, 0.3) is 6.01 Å². The Morgan fingerprint density at radius 2 is 1.54 bits per heavy atom. The summed E-state index contributed by atoms with van der Waals surface area (Å²) in [6.07, 6.45) is 10.9. The minimum atomic E-state index is 0.307. The van der Waals surface area contributed by atoms with Crippen molar-refractivity contribution in [3.8, 4) is 6.01 Å². The monoisotopic (exact) mass is 373 g/mol. The number of unbranched alkanes of at least 4 members (excludes halogenated alkanes) is 7. The number of ether oxygens (including phenoxy) is 3. The van der Waals surface area contributed by atoms with Crippen molar-refractivity contribution >= 4 is 24.4 Å². The summed E-state index contributed by atoms with van der Waals surface area (Å²) in [5, 5.41) is 0. The number of hydrogen-bond acceptors (Lipinski definition) is 6. The van der Waals surface area contributed by atoms with Gasteiger partial charge in [0.15, 0.2) is 11.6 Å². The van der Waals surface area contributed by atoms with E-state index in [1.54, 1.807) is 0 Å². The highest BCUT2D eigenvalue weighted by Crippen LogP contribution is 2.09. The largest absolute Gasteiger partial charge is 0.476 e. The van der Waals surface area contributed by atoms with Crippen molar-refractivity contribution in [2.24, 2.45) is 0 Å². The Labute approximate surface area is 153 Å². The van der Waals surface area contributed by atoms with Gasteiger partial charge in [-0.3, -0.25) is 4.98 Å². The van der Waals surface area contributed by atoms with Crippen molar-refractivity contribution in [3.05, 3.63) is 22.4 Å². The van der Waals surface area contributed by atoms with Crippen LogP contribution < -0.4 is 4.74 Å². The molecule has 0 aliphatic carbocycles. The summed E-state index contributed by atoms with van der Waals surface area (Å²) in [5.41, 5.74) is 0. The maximum absolute atomic E-state index is 5.52. The van der Waals surface area contributed by atoms with Gasteiger partial charge in [-0.1, -0.05) is 45.1 Å². The molecule has 0 aliphatic rings. The molecule has 1 aromatic rings. The van der Waals surface area contributed by atoms with E-state index in [9.17, 15) is 0 Å². The van der Waals surface area contributed by atoms with Crippen molar-refractivity contribution in [1.29, 1.82) is 0 Å². The Morgan fingerprint density at radius 3 is 2.17 bits per heavy atom. The zero-order chi connectivity index (χ0) is 17.5. The van der Waals surface area contributed by atoms with Crippen LogP contribution in [0.1, 0.15) is 51.4 Å². The number of H-pyrrole nitrogens is 2. The molecule has 0 aromatic carbocycles. The van der Waals surface area contributed by atoms with Gasteiger partial charge < -0.3 is 19.2 Å². The molecule has 0 amide bonds. The molecule has 0 saturated carbocycles. The van der Waals surface area contributed by atoms with Gasteiger partial charge in [0.1, 0.15) is 0 Å². The molecule has 0 fully saturated rings. The maximum Gasteiger partial charge on any atom is 0.298 e. The van der Waals surface area contributed by atoms with Crippen molar-refractivity contribution < 1.29 is 14.2 Å². The molecule has 24 heavy (non-hydrogen) atoms. The molecule has 0 unspecified atom stereocenters. The normalized spacial score (nSPS) is 10.5. The molecule has 1 rings (SSSR count). The summed E-state index contributed by atoms with van der Waals surface area (Å²) in [7, 11) is 0. The number of nitrogens with one attached hydrogen (secondary N) is 2. The van der Waals surface area contributed by atoms with Gasteiger partial charge in [0.05, 0.1) is 19.5 Å². The predicted octanol–water partition coefficient (Wildman–Crippen LogP) is 4.83. The second-order valence-electron chi connectivity index (χ2n) is 5.34. The summed E-state index contributed by atoms with van der Waals surface area (Å²) in [6, 6.07) is 0.393. The lowest BCUT2D eigenvalue weighted by Gasteiger charge is -2.05. The van der Waals surface area contributed by atoms with E-state index in [1.807, 2.05) is 0 Å². The molecule has 0 saturated heterocycles. The van der Waals surface area contributed by atoms with E-state index < -0.39 is 0 Å². The van der Waals surface area contributed by atoms with Gasteiger partial charge >= 0.3 is 0 Å². The highest BCUT2D eigenvalue weighted by molar-refractivity contribution is 7.71. The quantitative estimate of drug-likeness (QED) is 0.199. The molecule has 6 nitrogen and oxygen atoms in total. The molecule has 1 aromatic heterocycles. The van der Waals surface area contributed by atoms with Gasteiger partial charge in [-0.05, 0) is 37.3 Å².